The van der Waals surface area contributed by atoms with Gasteiger partial charge < -0.3 is 10.0 Å². The van der Waals surface area contributed by atoms with Gasteiger partial charge >= 0.3 is 5.97 Å². The lowest BCUT2D eigenvalue weighted by Gasteiger charge is -2.24. The highest BCUT2D eigenvalue weighted by atomic mass is 19.2. The van der Waals surface area contributed by atoms with Crippen LogP contribution < -0.4 is 0 Å². The first-order valence-corrected chi connectivity index (χ1v) is 5.30. The van der Waals surface area contributed by atoms with Crippen molar-refractivity contribution in [2.45, 2.75) is 19.9 Å². The highest BCUT2D eigenvalue weighted by Gasteiger charge is 2.22. The molecule has 1 rings (SSSR count). The minimum atomic E-state index is -1.17. The van der Waals surface area contributed by atoms with Crippen LogP contribution in [-0.4, -0.2) is 34.5 Å². The Bertz CT molecular complexity index is 474. The lowest BCUT2D eigenvalue weighted by Crippen LogP contribution is -2.40. The minimum absolute atomic E-state index is 0.0798. The molecule has 0 fully saturated rings. The van der Waals surface area contributed by atoms with Gasteiger partial charge in [0.2, 0.25) is 0 Å². The maximum Gasteiger partial charge on any atom is 0.323 e. The van der Waals surface area contributed by atoms with Crippen molar-refractivity contribution in [3.8, 4) is 0 Å². The number of carbonyl (C=O) groups is 2. The van der Waals surface area contributed by atoms with Crippen molar-refractivity contribution in [1.82, 2.24) is 4.90 Å². The van der Waals surface area contributed by atoms with Crippen LogP contribution >= 0.6 is 0 Å². The van der Waals surface area contributed by atoms with Crippen molar-refractivity contribution in [2.75, 3.05) is 6.54 Å². The van der Waals surface area contributed by atoms with Crippen molar-refractivity contribution in [2.24, 2.45) is 0 Å². The highest BCUT2D eigenvalue weighted by molar-refractivity contribution is 5.96. The van der Waals surface area contributed by atoms with Gasteiger partial charge in [-0.05, 0) is 32.0 Å². The normalized spacial score (nSPS) is 10.5. The molecule has 0 heterocycles. The summed E-state index contributed by atoms with van der Waals surface area (Å²) in [4.78, 5) is 23.7. The molecule has 6 heteroatoms. The molecule has 1 aromatic carbocycles. The zero-order valence-corrected chi connectivity index (χ0v) is 9.98. The van der Waals surface area contributed by atoms with E-state index in [1.165, 1.54) is 0 Å². The molecule has 18 heavy (non-hydrogen) atoms. The number of benzene rings is 1. The summed E-state index contributed by atoms with van der Waals surface area (Å²) in [6.45, 7) is 2.79. The monoisotopic (exact) mass is 257 g/mol. The first-order valence-electron chi connectivity index (χ1n) is 5.30. The number of carbonyl (C=O) groups excluding carboxylic acids is 1. The summed E-state index contributed by atoms with van der Waals surface area (Å²) in [5, 5.41) is 8.70. The van der Waals surface area contributed by atoms with Crippen LogP contribution in [0.2, 0.25) is 0 Å². The predicted molar refractivity (Wildman–Crippen MR) is 60.2 cm³/mol. The van der Waals surface area contributed by atoms with Crippen LogP contribution in [0, 0.1) is 11.6 Å². The molecule has 98 valence electrons. The predicted octanol–water partition coefficient (Wildman–Crippen LogP) is 1.90. The van der Waals surface area contributed by atoms with Gasteiger partial charge in [0.15, 0.2) is 11.6 Å². The fourth-order valence-electron chi connectivity index (χ4n) is 1.43. The second-order valence-corrected chi connectivity index (χ2v) is 4.05. The van der Waals surface area contributed by atoms with Crippen molar-refractivity contribution in [3.05, 3.63) is 35.4 Å². The Balaban J connectivity index is 3.02. The lowest BCUT2D eigenvalue weighted by atomic mass is 10.1. The van der Waals surface area contributed by atoms with E-state index in [1.54, 1.807) is 13.8 Å². The molecule has 4 nitrogen and oxygen atoms in total. The largest absolute Gasteiger partial charge is 0.480 e. The van der Waals surface area contributed by atoms with Gasteiger partial charge in [0.05, 0.1) is 0 Å². The zero-order valence-electron chi connectivity index (χ0n) is 9.98. The van der Waals surface area contributed by atoms with E-state index in [0.29, 0.717) is 0 Å². The van der Waals surface area contributed by atoms with E-state index in [9.17, 15) is 18.4 Å². The molecule has 0 radical (unpaired) electrons. The Labute approximate surface area is 103 Å². The van der Waals surface area contributed by atoms with E-state index in [-0.39, 0.29) is 11.6 Å². The van der Waals surface area contributed by atoms with Gasteiger partial charge in [0, 0.05) is 11.6 Å². The summed E-state index contributed by atoms with van der Waals surface area (Å²) < 4.78 is 25.7. The molecule has 1 N–H and O–H groups in total. The molecule has 0 aromatic heterocycles. The van der Waals surface area contributed by atoms with Crippen LogP contribution in [0.25, 0.3) is 0 Å². The first-order chi connectivity index (χ1) is 8.32. The molecule has 0 aliphatic carbocycles. The number of nitrogens with zero attached hydrogens (tertiary/aromatic N) is 1. The maximum absolute atomic E-state index is 13.0. The van der Waals surface area contributed by atoms with Crippen molar-refractivity contribution >= 4 is 11.9 Å². The minimum Gasteiger partial charge on any atom is -0.480 e. The van der Waals surface area contributed by atoms with Gasteiger partial charge in [-0.3, -0.25) is 9.59 Å². The number of hydrogen-bond acceptors (Lipinski definition) is 2. The SMILES string of the molecule is CC(C)N(CC(=O)O)C(=O)c1ccc(F)c(F)c1. The molecule has 1 aromatic rings. The Kier molecular flexibility index (Phi) is 4.36. The summed E-state index contributed by atoms with van der Waals surface area (Å²) in [5.41, 5.74) is -0.0798. The summed E-state index contributed by atoms with van der Waals surface area (Å²) in [7, 11) is 0. The standard InChI is InChI=1S/C12H13F2NO3/c1-7(2)15(6-11(16)17)12(18)8-3-4-9(13)10(14)5-8/h3-5,7H,6H2,1-2H3,(H,16,17). The smallest absolute Gasteiger partial charge is 0.323 e. The van der Waals surface area contributed by atoms with Crippen molar-refractivity contribution in [3.63, 3.8) is 0 Å². The van der Waals surface area contributed by atoms with Gasteiger partial charge in [-0.1, -0.05) is 0 Å². The van der Waals surface area contributed by atoms with Crippen LogP contribution in [0.3, 0.4) is 0 Å². The number of carboxylic acid groups (broad SMARTS) is 1. The topological polar surface area (TPSA) is 57.6 Å². The van der Waals surface area contributed by atoms with Gasteiger partial charge in [-0.15, -0.1) is 0 Å². The van der Waals surface area contributed by atoms with E-state index < -0.39 is 30.1 Å². The van der Waals surface area contributed by atoms with Crippen LogP contribution in [0.15, 0.2) is 18.2 Å². The molecule has 0 bridgehead atoms. The summed E-state index contributed by atoms with van der Waals surface area (Å²) >= 11 is 0. The summed E-state index contributed by atoms with van der Waals surface area (Å²) in [6.07, 6.45) is 0. The lowest BCUT2D eigenvalue weighted by molar-refractivity contribution is -0.138. The molecule has 0 saturated heterocycles. The third-order valence-electron chi connectivity index (χ3n) is 2.36. The first kappa shape index (κ1) is 14.1. The van der Waals surface area contributed by atoms with E-state index in [1.807, 2.05) is 0 Å². The quantitative estimate of drug-likeness (QED) is 0.896. The number of aliphatic carboxylic acids is 1. The third-order valence-corrected chi connectivity index (χ3v) is 2.36. The Morgan fingerprint density at radius 1 is 1.28 bits per heavy atom. The van der Waals surface area contributed by atoms with Gasteiger partial charge in [0.25, 0.3) is 5.91 Å². The Hall–Kier alpha value is -1.98. The number of rotatable bonds is 4. The molecular formula is C12H13F2NO3. The average Bonchev–Trinajstić information content (AvgIpc) is 2.28. The Morgan fingerprint density at radius 2 is 1.89 bits per heavy atom. The molecule has 0 atom stereocenters. The van der Waals surface area contributed by atoms with Crippen LogP contribution in [-0.2, 0) is 4.79 Å². The second kappa shape index (κ2) is 5.57. The second-order valence-electron chi connectivity index (χ2n) is 4.05. The molecule has 1 amide bonds. The molecule has 0 spiro atoms. The van der Waals surface area contributed by atoms with E-state index in [2.05, 4.69) is 0 Å². The third kappa shape index (κ3) is 3.26. The molecule has 0 aliphatic rings. The van der Waals surface area contributed by atoms with Crippen LogP contribution in [0.4, 0.5) is 8.78 Å². The molecule has 0 saturated carbocycles. The number of amides is 1. The van der Waals surface area contributed by atoms with Gasteiger partial charge in [0.1, 0.15) is 6.54 Å². The molecule has 0 aliphatic heterocycles. The fraction of sp³-hybridized carbons (Fsp3) is 0.333. The highest BCUT2D eigenvalue weighted by Crippen LogP contribution is 2.12. The van der Waals surface area contributed by atoms with Gasteiger partial charge in [-0.2, -0.15) is 0 Å². The van der Waals surface area contributed by atoms with Crippen molar-refractivity contribution in [1.29, 1.82) is 0 Å². The Morgan fingerprint density at radius 3 is 2.33 bits per heavy atom. The van der Waals surface area contributed by atoms with Gasteiger partial charge in [-0.25, -0.2) is 8.78 Å². The van der Waals surface area contributed by atoms with E-state index in [0.717, 1.165) is 23.1 Å². The molecule has 0 unspecified atom stereocenters. The average molecular weight is 257 g/mol. The molecular weight excluding hydrogens is 244 g/mol. The number of hydrogen-bond donors (Lipinski definition) is 1. The zero-order chi connectivity index (χ0) is 13.9. The van der Waals surface area contributed by atoms with Crippen LogP contribution in [0.5, 0.6) is 0 Å². The fourth-order valence-corrected chi connectivity index (χ4v) is 1.43. The van der Waals surface area contributed by atoms with Crippen molar-refractivity contribution < 1.29 is 23.5 Å². The van der Waals surface area contributed by atoms with E-state index in [4.69, 9.17) is 5.11 Å². The van der Waals surface area contributed by atoms with Crippen LogP contribution in [0.1, 0.15) is 24.2 Å². The number of carboxylic acids is 1. The number of halogens is 2. The maximum atomic E-state index is 13.0. The van der Waals surface area contributed by atoms with E-state index >= 15 is 0 Å². The summed E-state index contributed by atoms with van der Waals surface area (Å²) in [5.74, 6) is -4.01. The summed E-state index contributed by atoms with van der Waals surface area (Å²) in [6, 6.07) is 2.36.